The Hall–Kier alpha value is -1.92. The van der Waals surface area contributed by atoms with Gasteiger partial charge >= 0.3 is 0 Å². The van der Waals surface area contributed by atoms with Crippen LogP contribution in [0.2, 0.25) is 0 Å². The highest BCUT2D eigenvalue weighted by molar-refractivity contribution is 9.10. The quantitative estimate of drug-likeness (QED) is 0.590. The summed E-state index contributed by atoms with van der Waals surface area (Å²) in [7, 11) is -3.84. The lowest BCUT2D eigenvalue weighted by Crippen LogP contribution is -2.32. The molecule has 0 aliphatic carbocycles. The van der Waals surface area contributed by atoms with Crippen molar-refractivity contribution in [2.24, 2.45) is 0 Å². The first-order valence-electron chi connectivity index (χ1n) is 7.53. The second kappa shape index (κ2) is 7.54. The van der Waals surface area contributed by atoms with Gasteiger partial charge in [0.25, 0.3) is 10.0 Å². The van der Waals surface area contributed by atoms with Crippen LogP contribution in [0.1, 0.15) is 18.1 Å². The molecule has 0 spiro atoms. The van der Waals surface area contributed by atoms with Crippen LogP contribution >= 0.6 is 15.9 Å². The van der Waals surface area contributed by atoms with Gasteiger partial charge in [-0.25, -0.2) is 12.8 Å². The molecule has 6 heteroatoms. The monoisotopic (exact) mass is 423 g/mol. The van der Waals surface area contributed by atoms with Gasteiger partial charge in [-0.2, -0.15) is 0 Å². The van der Waals surface area contributed by atoms with Gasteiger partial charge in [-0.1, -0.05) is 30.4 Å². The third-order valence-electron chi connectivity index (χ3n) is 3.67. The molecular weight excluding hydrogens is 405 g/mol. The predicted molar refractivity (Wildman–Crippen MR) is 105 cm³/mol. The molecule has 2 aromatic rings. The third-order valence-corrected chi connectivity index (χ3v) is 6.07. The van der Waals surface area contributed by atoms with E-state index in [4.69, 9.17) is 0 Å². The molecule has 0 atom stereocenters. The van der Waals surface area contributed by atoms with Crippen LogP contribution in [0.15, 0.2) is 65.0 Å². The van der Waals surface area contributed by atoms with Gasteiger partial charge in [0.1, 0.15) is 5.82 Å². The fourth-order valence-corrected chi connectivity index (χ4v) is 4.14. The minimum Gasteiger partial charge on any atom is -0.262 e. The zero-order valence-corrected chi connectivity index (χ0v) is 16.5. The highest BCUT2D eigenvalue weighted by Gasteiger charge is 2.27. The third kappa shape index (κ3) is 4.02. The molecule has 2 rings (SSSR count). The summed E-state index contributed by atoms with van der Waals surface area (Å²) in [4.78, 5) is 0.160. The number of aryl methyl sites for hydroxylation is 1. The molecule has 25 heavy (non-hydrogen) atoms. The average molecular weight is 424 g/mol. The Kier molecular flexibility index (Phi) is 5.85. The van der Waals surface area contributed by atoms with E-state index in [2.05, 4.69) is 29.1 Å². The number of hydrogen-bond donors (Lipinski definition) is 0. The Morgan fingerprint density at radius 3 is 2.40 bits per heavy atom. The van der Waals surface area contributed by atoms with Crippen molar-refractivity contribution >= 4 is 37.2 Å². The van der Waals surface area contributed by atoms with Crippen molar-refractivity contribution in [2.75, 3.05) is 10.8 Å². The van der Waals surface area contributed by atoms with E-state index < -0.39 is 15.8 Å². The van der Waals surface area contributed by atoms with E-state index in [1.807, 2.05) is 6.92 Å². The highest BCUT2D eigenvalue weighted by atomic mass is 79.9. The molecule has 132 valence electrons. The number of anilines is 1. The summed E-state index contributed by atoms with van der Waals surface area (Å²) in [5.74, 6) is -0.479. The van der Waals surface area contributed by atoms with Gasteiger partial charge in [0.05, 0.1) is 21.6 Å². The fourth-order valence-electron chi connectivity index (χ4n) is 2.37. The first-order chi connectivity index (χ1) is 11.7. The molecule has 0 heterocycles. The summed E-state index contributed by atoms with van der Waals surface area (Å²) in [6.45, 7) is 11.1. The Balaban J connectivity index is 2.70. The summed E-state index contributed by atoms with van der Waals surface area (Å²) in [6.07, 6.45) is 1.49. The molecule has 0 aliphatic heterocycles. The molecular formula is C19H19BrFNO2S. The van der Waals surface area contributed by atoms with E-state index in [1.54, 1.807) is 31.2 Å². The zero-order chi connectivity index (χ0) is 18.8. The topological polar surface area (TPSA) is 37.4 Å². The van der Waals surface area contributed by atoms with E-state index in [9.17, 15) is 12.8 Å². The number of benzene rings is 2. The maximum atomic E-state index is 14.0. The lowest BCUT2D eigenvalue weighted by molar-refractivity contribution is 0.592. The number of nitrogens with zero attached hydrogens (tertiary/aromatic N) is 1. The van der Waals surface area contributed by atoms with Gasteiger partial charge in [-0.15, -0.1) is 6.58 Å². The summed E-state index contributed by atoms with van der Waals surface area (Å²) >= 11 is 3.13. The van der Waals surface area contributed by atoms with Crippen LogP contribution in [0.4, 0.5) is 10.1 Å². The molecule has 0 saturated heterocycles. The van der Waals surface area contributed by atoms with Crippen LogP contribution in [0.3, 0.4) is 0 Å². The van der Waals surface area contributed by atoms with Crippen molar-refractivity contribution in [3.8, 4) is 0 Å². The second-order valence-electron chi connectivity index (χ2n) is 5.70. The van der Waals surface area contributed by atoms with E-state index in [0.29, 0.717) is 16.8 Å². The molecule has 0 amide bonds. The molecule has 0 N–H and O–H groups in total. The minimum atomic E-state index is -3.84. The number of sulfonamides is 1. The van der Waals surface area contributed by atoms with E-state index >= 15 is 0 Å². The fraction of sp³-hybridized carbons (Fsp3) is 0.158. The van der Waals surface area contributed by atoms with Gasteiger partial charge in [0.15, 0.2) is 0 Å². The maximum Gasteiger partial charge on any atom is 0.264 e. The number of rotatable bonds is 6. The van der Waals surface area contributed by atoms with Crippen molar-refractivity contribution in [2.45, 2.75) is 18.7 Å². The van der Waals surface area contributed by atoms with Gasteiger partial charge in [-0.05, 0) is 59.6 Å². The van der Waals surface area contributed by atoms with Crippen LogP contribution in [0.5, 0.6) is 0 Å². The van der Waals surface area contributed by atoms with Crippen molar-refractivity contribution in [1.82, 2.24) is 0 Å². The molecule has 3 nitrogen and oxygen atoms in total. The Bertz CT molecular complexity index is 921. The lowest BCUT2D eigenvalue weighted by Gasteiger charge is -2.26. The molecule has 0 fully saturated rings. The zero-order valence-electron chi connectivity index (χ0n) is 14.1. The molecule has 2 aromatic carbocycles. The summed E-state index contributed by atoms with van der Waals surface area (Å²) in [6, 6.07) is 9.31. The molecule has 0 aromatic heterocycles. The van der Waals surface area contributed by atoms with Crippen LogP contribution in [0, 0.1) is 12.7 Å². The molecule has 0 radical (unpaired) electrons. The van der Waals surface area contributed by atoms with Gasteiger partial charge < -0.3 is 0 Å². The van der Waals surface area contributed by atoms with Gasteiger partial charge in [-0.3, -0.25) is 4.31 Å². The first-order valence-corrected chi connectivity index (χ1v) is 9.77. The first kappa shape index (κ1) is 19.4. The van der Waals surface area contributed by atoms with Crippen LogP contribution in [-0.2, 0) is 10.0 Å². The Morgan fingerprint density at radius 1 is 1.28 bits per heavy atom. The van der Waals surface area contributed by atoms with Crippen molar-refractivity contribution in [3.05, 3.63) is 77.0 Å². The standard InChI is InChI=1S/C19H19BrFNO2S/c1-5-10-22(25(23,24)15-8-6-14(4)7-9-15)19-12-17(20)18(21)11-16(19)13(2)3/h5-9,11-12H,1-2,10H2,3-4H3. The van der Waals surface area contributed by atoms with Crippen LogP contribution < -0.4 is 4.31 Å². The van der Waals surface area contributed by atoms with Crippen molar-refractivity contribution in [3.63, 3.8) is 0 Å². The number of allylic oxidation sites excluding steroid dienone is 1. The van der Waals surface area contributed by atoms with Crippen molar-refractivity contribution in [1.29, 1.82) is 0 Å². The number of halogens is 2. The largest absolute Gasteiger partial charge is 0.264 e. The van der Waals surface area contributed by atoms with E-state index in [1.165, 1.54) is 22.5 Å². The molecule has 0 bridgehead atoms. The van der Waals surface area contributed by atoms with Crippen molar-refractivity contribution < 1.29 is 12.8 Å². The minimum absolute atomic E-state index is 0.0502. The van der Waals surface area contributed by atoms with Crippen LogP contribution in [-0.4, -0.2) is 15.0 Å². The number of hydrogen-bond acceptors (Lipinski definition) is 2. The smallest absolute Gasteiger partial charge is 0.262 e. The van der Waals surface area contributed by atoms with E-state index in [0.717, 1.165) is 5.56 Å². The maximum absolute atomic E-state index is 14.0. The lowest BCUT2D eigenvalue weighted by atomic mass is 10.1. The molecule has 0 unspecified atom stereocenters. The summed E-state index contributed by atoms with van der Waals surface area (Å²) in [5, 5.41) is 0. The Morgan fingerprint density at radius 2 is 1.88 bits per heavy atom. The van der Waals surface area contributed by atoms with E-state index in [-0.39, 0.29) is 15.9 Å². The van der Waals surface area contributed by atoms with Crippen LogP contribution in [0.25, 0.3) is 5.57 Å². The average Bonchev–Trinajstić information content (AvgIpc) is 2.55. The van der Waals surface area contributed by atoms with Gasteiger partial charge in [0, 0.05) is 5.56 Å². The summed E-state index contributed by atoms with van der Waals surface area (Å²) < 4.78 is 41.6. The normalized spacial score (nSPS) is 11.2. The SMILES string of the molecule is C=CCN(c1cc(Br)c(F)cc1C(=C)C)S(=O)(=O)c1ccc(C)cc1. The second-order valence-corrected chi connectivity index (χ2v) is 8.42. The summed E-state index contributed by atoms with van der Waals surface area (Å²) in [5.41, 5.74) is 2.30. The Labute approximate surface area is 156 Å². The molecule has 0 aliphatic rings. The highest BCUT2D eigenvalue weighted by Crippen LogP contribution is 2.34. The predicted octanol–water partition coefficient (Wildman–Crippen LogP) is 5.31. The van der Waals surface area contributed by atoms with Gasteiger partial charge in [0.2, 0.25) is 0 Å². The molecule has 0 saturated carbocycles.